The van der Waals surface area contributed by atoms with E-state index in [1.54, 1.807) is 0 Å². The van der Waals surface area contributed by atoms with Crippen LogP contribution in [0.15, 0.2) is 24.3 Å². The number of nitrogens with one attached hydrogen (secondary N) is 1. The van der Waals surface area contributed by atoms with Crippen molar-refractivity contribution in [3.63, 3.8) is 0 Å². The van der Waals surface area contributed by atoms with Crippen molar-refractivity contribution in [1.82, 2.24) is 5.32 Å². The van der Waals surface area contributed by atoms with Crippen molar-refractivity contribution in [3.05, 3.63) is 35.4 Å². The number of Topliss-reactive ketones (excluding diaryl/α,β-unsaturated/α-hetero) is 1. The Morgan fingerprint density at radius 3 is 3.05 bits per heavy atom. The Morgan fingerprint density at radius 1 is 1.42 bits per heavy atom. The number of fused-ring (bicyclic) bond motifs is 1. The topological polar surface area (TPSA) is 29.1 Å². The third-order valence-corrected chi connectivity index (χ3v) is 4.97. The molecule has 2 aliphatic rings. The lowest BCUT2D eigenvalue weighted by atomic mass is 9.75. The lowest BCUT2D eigenvalue weighted by Gasteiger charge is -2.28. The molecule has 1 fully saturated rings. The van der Waals surface area contributed by atoms with E-state index >= 15 is 0 Å². The van der Waals surface area contributed by atoms with E-state index in [-0.39, 0.29) is 5.41 Å². The molecule has 3 rings (SSSR count). The van der Waals surface area contributed by atoms with E-state index in [1.807, 2.05) is 0 Å². The first kappa shape index (κ1) is 12.9. The predicted octanol–water partition coefficient (Wildman–Crippen LogP) is 3.07. The van der Waals surface area contributed by atoms with Gasteiger partial charge in [0.25, 0.3) is 0 Å². The minimum atomic E-state index is -0.119. The van der Waals surface area contributed by atoms with Gasteiger partial charge in [0, 0.05) is 18.4 Å². The summed E-state index contributed by atoms with van der Waals surface area (Å²) in [5, 5.41) is 3.33. The zero-order chi connectivity index (χ0) is 13.3. The Morgan fingerprint density at radius 2 is 2.26 bits per heavy atom. The fourth-order valence-corrected chi connectivity index (χ4v) is 3.59. The summed E-state index contributed by atoms with van der Waals surface area (Å²) in [6, 6.07) is 8.68. The first-order chi connectivity index (χ1) is 9.19. The molecule has 0 amide bonds. The van der Waals surface area contributed by atoms with Gasteiger partial charge in [0.15, 0.2) is 0 Å². The van der Waals surface area contributed by atoms with Crippen LogP contribution < -0.4 is 5.32 Å². The summed E-state index contributed by atoms with van der Waals surface area (Å²) in [7, 11) is 0. The van der Waals surface area contributed by atoms with Gasteiger partial charge in [0.2, 0.25) is 0 Å². The van der Waals surface area contributed by atoms with Gasteiger partial charge in [-0.2, -0.15) is 0 Å². The van der Waals surface area contributed by atoms with Crippen molar-refractivity contribution >= 4 is 5.78 Å². The summed E-state index contributed by atoms with van der Waals surface area (Å²) in [4.78, 5) is 12.6. The summed E-state index contributed by atoms with van der Waals surface area (Å²) in [5.41, 5.74) is 2.77. The largest absolute Gasteiger partial charge is 0.316 e. The number of rotatable bonds is 3. The number of hydrogen-bond donors (Lipinski definition) is 1. The summed E-state index contributed by atoms with van der Waals surface area (Å²) in [6.45, 7) is 3.98. The predicted molar refractivity (Wildman–Crippen MR) is 77.3 cm³/mol. The molecule has 0 spiro atoms. The van der Waals surface area contributed by atoms with Crippen molar-refractivity contribution < 1.29 is 4.79 Å². The zero-order valence-corrected chi connectivity index (χ0v) is 11.7. The molecular weight excluding hydrogens is 234 g/mol. The van der Waals surface area contributed by atoms with Gasteiger partial charge >= 0.3 is 0 Å². The van der Waals surface area contributed by atoms with Gasteiger partial charge in [-0.05, 0) is 49.3 Å². The number of carbonyl (C=O) groups excluding carboxylic acids is 1. The van der Waals surface area contributed by atoms with Crippen LogP contribution in [0.25, 0.3) is 0 Å². The maximum absolute atomic E-state index is 12.6. The van der Waals surface area contributed by atoms with Gasteiger partial charge in [-0.25, -0.2) is 0 Å². The molecule has 1 saturated heterocycles. The Balaban J connectivity index is 1.76. The van der Waals surface area contributed by atoms with Crippen LogP contribution >= 0.6 is 0 Å². The average molecular weight is 257 g/mol. The first-order valence-corrected chi connectivity index (χ1v) is 7.51. The van der Waals surface area contributed by atoms with Crippen molar-refractivity contribution in [3.8, 4) is 0 Å². The fraction of sp³-hybridized carbons (Fsp3) is 0.588. The van der Waals surface area contributed by atoms with Crippen molar-refractivity contribution in [2.45, 2.75) is 44.9 Å². The third-order valence-electron chi connectivity index (χ3n) is 4.97. The summed E-state index contributed by atoms with van der Waals surface area (Å²) < 4.78 is 0. The minimum Gasteiger partial charge on any atom is -0.316 e. The SMILES string of the molecule is CC1(C(=O)CC2CCCc3ccccc32)CCNC1. The Bertz CT molecular complexity index is 474. The quantitative estimate of drug-likeness (QED) is 0.901. The fourth-order valence-electron chi connectivity index (χ4n) is 3.59. The maximum Gasteiger partial charge on any atom is 0.140 e. The lowest BCUT2D eigenvalue weighted by Crippen LogP contribution is -2.31. The number of benzene rings is 1. The highest BCUT2D eigenvalue weighted by Crippen LogP contribution is 2.37. The van der Waals surface area contributed by atoms with Crippen LogP contribution in [0.5, 0.6) is 0 Å². The van der Waals surface area contributed by atoms with Gasteiger partial charge in [0.05, 0.1) is 0 Å². The highest BCUT2D eigenvalue weighted by atomic mass is 16.1. The lowest BCUT2D eigenvalue weighted by molar-refractivity contribution is -0.127. The number of hydrogen-bond acceptors (Lipinski definition) is 2. The second-order valence-corrected chi connectivity index (χ2v) is 6.40. The highest BCUT2D eigenvalue weighted by molar-refractivity contribution is 5.85. The van der Waals surface area contributed by atoms with Crippen LogP contribution in [0.2, 0.25) is 0 Å². The van der Waals surface area contributed by atoms with Crippen LogP contribution in [0.3, 0.4) is 0 Å². The van der Waals surface area contributed by atoms with E-state index in [0.29, 0.717) is 11.7 Å². The maximum atomic E-state index is 12.6. The standard InChI is InChI=1S/C17H23NO/c1-17(9-10-18-12-17)16(19)11-14-7-4-6-13-5-2-3-8-15(13)14/h2-3,5,8,14,18H,4,6-7,9-12H2,1H3. The van der Waals surface area contributed by atoms with Gasteiger partial charge in [-0.1, -0.05) is 31.2 Å². The smallest absolute Gasteiger partial charge is 0.140 e. The van der Waals surface area contributed by atoms with E-state index in [0.717, 1.165) is 25.9 Å². The molecule has 2 atom stereocenters. The molecule has 0 radical (unpaired) electrons. The summed E-state index contributed by atoms with van der Waals surface area (Å²) in [5.74, 6) is 0.911. The van der Waals surface area contributed by atoms with Crippen molar-refractivity contribution in [1.29, 1.82) is 0 Å². The molecule has 1 aliphatic carbocycles. The molecule has 2 heteroatoms. The third kappa shape index (κ3) is 2.46. The first-order valence-electron chi connectivity index (χ1n) is 7.51. The van der Waals surface area contributed by atoms with Gasteiger partial charge in [-0.3, -0.25) is 4.79 Å². The van der Waals surface area contributed by atoms with Crippen molar-refractivity contribution in [2.24, 2.45) is 5.41 Å². The van der Waals surface area contributed by atoms with Crippen LogP contribution in [0, 0.1) is 5.41 Å². The molecule has 0 saturated carbocycles. The highest BCUT2D eigenvalue weighted by Gasteiger charge is 2.37. The molecule has 1 N–H and O–H groups in total. The molecule has 102 valence electrons. The number of aryl methyl sites for hydroxylation is 1. The van der Waals surface area contributed by atoms with Crippen molar-refractivity contribution in [2.75, 3.05) is 13.1 Å². The Kier molecular flexibility index (Phi) is 3.44. The Hall–Kier alpha value is -1.15. The van der Waals surface area contributed by atoms with Gasteiger partial charge in [0.1, 0.15) is 5.78 Å². The molecule has 0 aromatic heterocycles. The molecule has 1 heterocycles. The second-order valence-electron chi connectivity index (χ2n) is 6.40. The van der Waals surface area contributed by atoms with Crippen LogP contribution in [-0.4, -0.2) is 18.9 Å². The molecule has 1 aliphatic heterocycles. The van der Waals surface area contributed by atoms with Gasteiger partial charge < -0.3 is 5.32 Å². The van der Waals surface area contributed by atoms with E-state index in [2.05, 4.69) is 36.5 Å². The second kappa shape index (κ2) is 5.09. The molecule has 2 nitrogen and oxygen atoms in total. The number of carbonyl (C=O) groups is 1. The monoisotopic (exact) mass is 257 g/mol. The number of ketones is 1. The van der Waals surface area contributed by atoms with E-state index in [9.17, 15) is 4.79 Å². The van der Waals surface area contributed by atoms with Crippen LogP contribution in [0.1, 0.15) is 49.7 Å². The van der Waals surface area contributed by atoms with E-state index < -0.39 is 0 Å². The summed E-state index contributed by atoms with van der Waals surface area (Å²) in [6.07, 6.45) is 5.31. The average Bonchev–Trinajstić information content (AvgIpc) is 2.87. The van der Waals surface area contributed by atoms with Gasteiger partial charge in [-0.15, -0.1) is 0 Å². The zero-order valence-electron chi connectivity index (χ0n) is 11.7. The van der Waals surface area contributed by atoms with E-state index in [1.165, 1.54) is 30.4 Å². The normalized spacial score (nSPS) is 30.1. The molecule has 1 aromatic carbocycles. The minimum absolute atomic E-state index is 0.119. The molecule has 1 aromatic rings. The Labute approximate surface area is 115 Å². The molecule has 19 heavy (non-hydrogen) atoms. The molecule has 0 bridgehead atoms. The molecule has 2 unspecified atom stereocenters. The molecular formula is C17H23NO. The summed E-state index contributed by atoms with van der Waals surface area (Å²) >= 11 is 0. The van der Waals surface area contributed by atoms with Crippen LogP contribution in [0.4, 0.5) is 0 Å². The van der Waals surface area contributed by atoms with E-state index in [4.69, 9.17) is 0 Å². The van der Waals surface area contributed by atoms with Crippen LogP contribution in [-0.2, 0) is 11.2 Å².